The van der Waals surface area contributed by atoms with Crippen LogP contribution in [0.3, 0.4) is 0 Å². The van der Waals surface area contributed by atoms with Crippen LogP contribution in [0, 0.1) is 0 Å². The topological polar surface area (TPSA) is 76.0 Å². The van der Waals surface area contributed by atoms with E-state index in [0.717, 1.165) is 27.9 Å². The Morgan fingerprint density at radius 2 is 1.87 bits per heavy atom. The molecule has 0 saturated carbocycles. The minimum atomic E-state index is -1.06. The average Bonchev–Trinajstić information content (AvgIpc) is 3.23. The first-order valence-corrected chi connectivity index (χ1v) is 10.3. The summed E-state index contributed by atoms with van der Waals surface area (Å²) < 4.78 is 1.73. The van der Waals surface area contributed by atoms with Crippen molar-refractivity contribution in [2.24, 2.45) is 0 Å². The number of rotatable bonds is 3. The third-order valence-corrected chi connectivity index (χ3v) is 6.29. The summed E-state index contributed by atoms with van der Waals surface area (Å²) in [5.74, 6) is 0.505. The van der Waals surface area contributed by atoms with E-state index in [1.54, 1.807) is 10.9 Å². The number of amides is 2. The monoisotopic (exact) mass is 420 g/mol. The van der Waals surface area contributed by atoms with Gasteiger partial charge in [-0.3, -0.25) is 9.59 Å². The fourth-order valence-electron chi connectivity index (χ4n) is 4.40. The van der Waals surface area contributed by atoms with Gasteiger partial charge in [0.1, 0.15) is 11.2 Å². The number of nitrogens with one attached hydrogen (secondary N) is 2. The van der Waals surface area contributed by atoms with Crippen molar-refractivity contribution in [3.63, 3.8) is 0 Å². The van der Waals surface area contributed by atoms with Crippen molar-refractivity contribution in [1.82, 2.24) is 9.78 Å². The van der Waals surface area contributed by atoms with Crippen molar-refractivity contribution in [3.05, 3.63) is 75.9 Å². The molecule has 2 aromatic carbocycles. The summed E-state index contributed by atoms with van der Waals surface area (Å²) in [6.07, 6.45) is 1.77. The molecule has 0 saturated heterocycles. The zero-order valence-corrected chi connectivity index (χ0v) is 17.5. The molecular weight excluding hydrogens is 400 g/mol. The van der Waals surface area contributed by atoms with Gasteiger partial charge in [-0.05, 0) is 40.8 Å². The molecule has 1 aromatic heterocycles. The molecule has 6 nitrogen and oxygen atoms in total. The summed E-state index contributed by atoms with van der Waals surface area (Å²) in [6.45, 7) is 4.69. The second-order valence-electron chi connectivity index (χ2n) is 8.24. The Morgan fingerprint density at radius 3 is 2.60 bits per heavy atom. The lowest BCUT2D eigenvalue weighted by Crippen LogP contribution is -2.43. The number of hydrogen-bond donors (Lipinski definition) is 2. The highest BCUT2D eigenvalue weighted by atomic mass is 35.5. The zero-order chi connectivity index (χ0) is 21.0. The van der Waals surface area contributed by atoms with Crippen LogP contribution in [0.4, 0.5) is 11.5 Å². The van der Waals surface area contributed by atoms with Gasteiger partial charge < -0.3 is 10.6 Å². The highest BCUT2D eigenvalue weighted by molar-refractivity contribution is 6.30. The molecule has 2 amide bonds. The molecule has 0 bridgehead atoms. The van der Waals surface area contributed by atoms with Gasteiger partial charge >= 0.3 is 0 Å². The molecule has 2 aliphatic rings. The summed E-state index contributed by atoms with van der Waals surface area (Å²) in [6, 6.07) is 13.5. The van der Waals surface area contributed by atoms with Crippen molar-refractivity contribution >= 4 is 34.9 Å². The maximum atomic E-state index is 13.3. The number of carbonyl (C=O) groups is 2. The molecule has 30 heavy (non-hydrogen) atoms. The van der Waals surface area contributed by atoms with Crippen molar-refractivity contribution in [3.8, 4) is 0 Å². The lowest BCUT2D eigenvalue weighted by molar-refractivity contribution is -0.125. The van der Waals surface area contributed by atoms with Gasteiger partial charge in [0.05, 0.1) is 12.7 Å². The SMILES string of the molecule is CC(C)c1ccc2c(c1)[C@]1(CC(=O)Nc3c1cnn3Cc1ccc(Cl)cc1)C(=O)N2. The Kier molecular flexibility index (Phi) is 4.22. The maximum absolute atomic E-state index is 13.3. The Bertz CT molecular complexity index is 1180. The van der Waals surface area contributed by atoms with Gasteiger partial charge in [-0.2, -0.15) is 5.10 Å². The van der Waals surface area contributed by atoms with Crippen LogP contribution in [0.15, 0.2) is 48.7 Å². The molecule has 0 unspecified atom stereocenters. The van der Waals surface area contributed by atoms with Crippen molar-refractivity contribution in [2.75, 3.05) is 10.6 Å². The second kappa shape index (κ2) is 6.71. The third kappa shape index (κ3) is 2.75. The molecule has 0 fully saturated rings. The van der Waals surface area contributed by atoms with E-state index in [9.17, 15) is 9.59 Å². The van der Waals surface area contributed by atoms with Gasteiger partial charge in [-0.25, -0.2) is 4.68 Å². The molecule has 3 aromatic rings. The first-order chi connectivity index (χ1) is 14.4. The maximum Gasteiger partial charge on any atom is 0.240 e. The van der Waals surface area contributed by atoms with Crippen LogP contribution in [-0.4, -0.2) is 21.6 Å². The number of fused-ring (bicyclic) bond motifs is 4. The number of benzene rings is 2. The molecule has 5 rings (SSSR count). The van der Waals surface area contributed by atoms with Crippen molar-refractivity contribution < 1.29 is 9.59 Å². The summed E-state index contributed by atoms with van der Waals surface area (Å²) >= 11 is 5.98. The van der Waals surface area contributed by atoms with E-state index in [1.165, 1.54) is 0 Å². The lowest BCUT2D eigenvalue weighted by Gasteiger charge is -2.32. The zero-order valence-electron chi connectivity index (χ0n) is 16.7. The van der Waals surface area contributed by atoms with E-state index >= 15 is 0 Å². The number of aromatic nitrogens is 2. The number of halogens is 1. The van der Waals surface area contributed by atoms with Gasteiger partial charge in [-0.15, -0.1) is 0 Å². The van der Waals surface area contributed by atoms with Crippen LogP contribution in [0.25, 0.3) is 0 Å². The van der Waals surface area contributed by atoms with Crippen molar-refractivity contribution in [1.29, 1.82) is 0 Å². The highest BCUT2D eigenvalue weighted by Gasteiger charge is 2.54. The quantitative estimate of drug-likeness (QED) is 0.663. The van der Waals surface area contributed by atoms with Gasteiger partial charge in [-0.1, -0.05) is 49.7 Å². The van der Waals surface area contributed by atoms with Gasteiger partial charge in [0.15, 0.2) is 0 Å². The van der Waals surface area contributed by atoms with E-state index in [0.29, 0.717) is 23.3 Å². The molecule has 2 aliphatic heterocycles. The number of hydrogen-bond acceptors (Lipinski definition) is 3. The molecule has 2 N–H and O–H groups in total. The van der Waals surface area contributed by atoms with Gasteiger partial charge in [0.2, 0.25) is 11.8 Å². The van der Waals surface area contributed by atoms with Crippen LogP contribution >= 0.6 is 11.6 Å². The Hall–Kier alpha value is -3.12. The van der Waals surface area contributed by atoms with E-state index in [2.05, 4.69) is 35.6 Å². The minimum absolute atomic E-state index is 0.0625. The molecule has 1 spiro atoms. The first-order valence-electron chi connectivity index (χ1n) is 9.95. The standard InChI is InChI=1S/C23H21ClN4O2/c1-13(2)15-5-8-19-17(9-15)23(22(30)26-19)10-20(29)27-21-18(23)11-25-28(21)12-14-3-6-16(24)7-4-14/h3-9,11,13H,10,12H2,1-2H3,(H,26,30)(H,27,29)/t23-/m0/s1. The van der Waals surface area contributed by atoms with E-state index in [4.69, 9.17) is 11.6 Å². The molecular formula is C23H21ClN4O2. The van der Waals surface area contributed by atoms with Crippen LogP contribution in [0.1, 0.15) is 48.4 Å². The van der Waals surface area contributed by atoms with Gasteiger partial charge in [0, 0.05) is 22.7 Å². The molecule has 1 atom stereocenters. The van der Waals surface area contributed by atoms with E-state index in [-0.39, 0.29) is 18.2 Å². The van der Waals surface area contributed by atoms with Crippen LogP contribution in [-0.2, 0) is 21.5 Å². The summed E-state index contributed by atoms with van der Waals surface area (Å²) in [7, 11) is 0. The van der Waals surface area contributed by atoms with E-state index < -0.39 is 5.41 Å². The largest absolute Gasteiger partial charge is 0.325 e. The summed E-state index contributed by atoms with van der Waals surface area (Å²) in [5, 5.41) is 11.1. The Morgan fingerprint density at radius 1 is 1.10 bits per heavy atom. The fourth-order valence-corrected chi connectivity index (χ4v) is 4.53. The first kappa shape index (κ1) is 18.9. The smallest absolute Gasteiger partial charge is 0.240 e. The van der Waals surface area contributed by atoms with Crippen LogP contribution in [0.2, 0.25) is 5.02 Å². The highest BCUT2D eigenvalue weighted by Crippen LogP contribution is 2.50. The lowest BCUT2D eigenvalue weighted by atomic mass is 9.71. The van der Waals surface area contributed by atoms with Crippen molar-refractivity contribution in [2.45, 2.75) is 38.1 Å². The fraction of sp³-hybridized carbons (Fsp3) is 0.261. The van der Waals surface area contributed by atoms with Gasteiger partial charge in [0.25, 0.3) is 0 Å². The Labute approximate surface area is 179 Å². The number of anilines is 2. The molecule has 3 heterocycles. The molecule has 0 radical (unpaired) electrons. The Balaban J connectivity index is 1.64. The summed E-state index contributed by atoms with van der Waals surface area (Å²) in [4.78, 5) is 26.0. The third-order valence-electron chi connectivity index (χ3n) is 6.03. The summed E-state index contributed by atoms with van der Waals surface area (Å²) in [5.41, 5.74) is 3.41. The molecule has 152 valence electrons. The van der Waals surface area contributed by atoms with Crippen LogP contribution in [0.5, 0.6) is 0 Å². The molecule has 7 heteroatoms. The predicted molar refractivity (Wildman–Crippen MR) is 116 cm³/mol. The predicted octanol–water partition coefficient (Wildman–Crippen LogP) is 4.29. The molecule has 0 aliphatic carbocycles. The van der Waals surface area contributed by atoms with Crippen LogP contribution < -0.4 is 10.6 Å². The number of nitrogens with zero attached hydrogens (tertiary/aromatic N) is 2. The normalized spacial score (nSPS) is 19.6. The minimum Gasteiger partial charge on any atom is -0.325 e. The average molecular weight is 421 g/mol. The second-order valence-corrected chi connectivity index (χ2v) is 8.67. The van der Waals surface area contributed by atoms with E-state index in [1.807, 2.05) is 36.4 Å². The number of carbonyl (C=O) groups excluding carboxylic acids is 2.